The minimum absolute atomic E-state index is 0.207. The van der Waals surface area contributed by atoms with Gasteiger partial charge in [-0.25, -0.2) is 9.37 Å². The number of rotatable bonds is 4. The third-order valence-electron chi connectivity index (χ3n) is 4.96. The Bertz CT molecular complexity index is 961. The van der Waals surface area contributed by atoms with E-state index in [0.717, 1.165) is 44.0 Å². The molecule has 0 saturated carbocycles. The van der Waals surface area contributed by atoms with E-state index >= 15 is 0 Å². The predicted octanol–water partition coefficient (Wildman–Crippen LogP) is 5.29. The summed E-state index contributed by atoms with van der Waals surface area (Å²) in [5, 5.41) is 2.65. The SMILES string of the molecule is Fc1ccccc1N1CCN(Cc2csc(-c3ccc(C(F)(F)F)cc3)n2)CC1. The zero-order valence-electron chi connectivity index (χ0n) is 15.5. The van der Waals surface area contributed by atoms with Crippen molar-refractivity contribution >= 4 is 17.0 Å². The lowest BCUT2D eigenvalue weighted by molar-refractivity contribution is -0.137. The highest BCUT2D eigenvalue weighted by Crippen LogP contribution is 2.32. The predicted molar refractivity (Wildman–Crippen MR) is 106 cm³/mol. The van der Waals surface area contributed by atoms with Crippen molar-refractivity contribution in [2.75, 3.05) is 31.1 Å². The molecule has 0 aliphatic carbocycles. The van der Waals surface area contributed by atoms with Crippen LogP contribution in [0.25, 0.3) is 10.6 Å². The first-order valence-electron chi connectivity index (χ1n) is 9.24. The number of anilines is 1. The maximum atomic E-state index is 13.9. The molecule has 4 rings (SSSR count). The zero-order valence-corrected chi connectivity index (χ0v) is 16.3. The van der Waals surface area contributed by atoms with Crippen LogP contribution in [0.3, 0.4) is 0 Å². The molecule has 8 heteroatoms. The molecule has 0 bridgehead atoms. The second kappa shape index (κ2) is 8.12. The van der Waals surface area contributed by atoms with E-state index in [1.165, 1.54) is 29.5 Å². The fourth-order valence-electron chi connectivity index (χ4n) is 3.40. The summed E-state index contributed by atoms with van der Waals surface area (Å²) in [6, 6.07) is 11.9. The minimum Gasteiger partial charge on any atom is -0.367 e. The van der Waals surface area contributed by atoms with Crippen molar-refractivity contribution in [3.63, 3.8) is 0 Å². The Kier molecular flexibility index (Phi) is 5.56. The number of aromatic nitrogens is 1. The van der Waals surface area contributed by atoms with E-state index in [1.54, 1.807) is 12.1 Å². The average Bonchev–Trinajstić information content (AvgIpc) is 3.17. The number of benzene rings is 2. The van der Waals surface area contributed by atoms with Crippen LogP contribution in [0.2, 0.25) is 0 Å². The molecule has 3 aromatic rings. The van der Waals surface area contributed by atoms with Crippen molar-refractivity contribution in [3.05, 3.63) is 71.0 Å². The molecule has 1 aliphatic heterocycles. The standard InChI is InChI=1S/C21H19F4N3S/c22-18-3-1-2-4-19(18)28-11-9-27(10-12-28)13-17-14-29-20(26-17)15-5-7-16(8-6-15)21(23,24)25/h1-8,14H,9-13H2. The molecule has 2 heterocycles. The van der Waals surface area contributed by atoms with Crippen molar-refractivity contribution in [1.29, 1.82) is 0 Å². The molecule has 0 N–H and O–H groups in total. The Hall–Kier alpha value is -2.45. The molecule has 1 saturated heterocycles. The quantitative estimate of drug-likeness (QED) is 0.534. The monoisotopic (exact) mass is 421 g/mol. The largest absolute Gasteiger partial charge is 0.416 e. The van der Waals surface area contributed by atoms with Gasteiger partial charge in [-0.1, -0.05) is 24.3 Å². The molecule has 29 heavy (non-hydrogen) atoms. The van der Waals surface area contributed by atoms with E-state index < -0.39 is 11.7 Å². The second-order valence-corrected chi connectivity index (χ2v) is 7.79. The fraction of sp³-hybridized carbons (Fsp3) is 0.286. The molecule has 3 nitrogen and oxygen atoms in total. The highest BCUT2D eigenvalue weighted by molar-refractivity contribution is 7.13. The Morgan fingerprint density at radius 1 is 0.931 bits per heavy atom. The number of halogens is 4. The Morgan fingerprint density at radius 3 is 2.28 bits per heavy atom. The van der Waals surface area contributed by atoms with Crippen LogP contribution in [0.1, 0.15) is 11.3 Å². The van der Waals surface area contributed by atoms with Gasteiger partial charge in [0.05, 0.1) is 16.9 Å². The minimum atomic E-state index is -4.34. The van der Waals surface area contributed by atoms with Crippen LogP contribution in [0.15, 0.2) is 53.9 Å². The zero-order chi connectivity index (χ0) is 20.4. The van der Waals surface area contributed by atoms with Gasteiger partial charge in [-0.3, -0.25) is 4.90 Å². The van der Waals surface area contributed by atoms with Crippen LogP contribution in [-0.2, 0) is 12.7 Å². The summed E-state index contributed by atoms with van der Waals surface area (Å²) in [5.41, 5.74) is 1.54. The summed E-state index contributed by atoms with van der Waals surface area (Å²) in [5.74, 6) is -0.207. The van der Waals surface area contributed by atoms with Gasteiger partial charge in [0.25, 0.3) is 0 Å². The van der Waals surface area contributed by atoms with E-state index in [-0.39, 0.29) is 5.82 Å². The highest BCUT2D eigenvalue weighted by Gasteiger charge is 2.30. The number of nitrogens with zero attached hydrogens (tertiary/aromatic N) is 3. The van der Waals surface area contributed by atoms with E-state index in [1.807, 2.05) is 16.3 Å². The van der Waals surface area contributed by atoms with Crippen LogP contribution in [0.5, 0.6) is 0 Å². The van der Waals surface area contributed by atoms with E-state index in [9.17, 15) is 17.6 Å². The van der Waals surface area contributed by atoms with Gasteiger partial charge in [0.1, 0.15) is 10.8 Å². The highest BCUT2D eigenvalue weighted by atomic mass is 32.1. The summed E-state index contributed by atoms with van der Waals surface area (Å²) >= 11 is 1.42. The van der Waals surface area contributed by atoms with Crippen LogP contribution in [0, 0.1) is 5.82 Å². The van der Waals surface area contributed by atoms with Crippen molar-refractivity contribution in [3.8, 4) is 10.6 Å². The molecule has 0 amide bonds. The summed E-state index contributed by atoms with van der Waals surface area (Å²) in [7, 11) is 0. The van der Waals surface area contributed by atoms with E-state index in [2.05, 4.69) is 9.88 Å². The molecule has 152 valence electrons. The van der Waals surface area contributed by atoms with Gasteiger partial charge in [-0.15, -0.1) is 11.3 Å². The van der Waals surface area contributed by atoms with Crippen LogP contribution < -0.4 is 4.90 Å². The molecule has 1 fully saturated rings. The molecule has 0 unspecified atom stereocenters. The molecule has 0 atom stereocenters. The molecule has 1 aliphatic rings. The lowest BCUT2D eigenvalue weighted by Gasteiger charge is -2.35. The maximum absolute atomic E-state index is 13.9. The van der Waals surface area contributed by atoms with Crippen LogP contribution in [-0.4, -0.2) is 36.1 Å². The fourth-order valence-corrected chi connectivity index (χ4v) is 4.22. The average molecular weight is 421 g/mol. The normalized spacial score (nSPS) is 15.7. The van der Waals surface area contributed by atoms with Crippen molar-refractivity contribution in [2.45, 2.75) is 12.7 Å². The van der Waals surface area contributed by atoms with Gasteiger partial charge in [0, 0.05) is 43.7 Å². The molecule has 0 radical (unpaired) electrons. The van der Waals surface area contributed by atoms with Gasteiger partial charge in [-0.2, -0.15) is 13.2 Å². The number of hydrogen-bond acceptors (Lipinski definition) is 4. The summed E-state index contributed by atoms with van der Waals surface area (Å²) in [6.45, 7) is 3.72. The first kappa shape index (κ1) is 19.8. The molecule has 0 spiro atoms. The molecular weight excluding hydrogens is 402 g/mol. The molecular formula is C21H19F4N3S. The van der Waals surface area contributed by atoms with E-state index in [0.29, 0.717) is 22.8 Å². The third kappa shape index (κ3) is 4.59. The number of hydrogen-bond donors (Lipinski definition) is 0. The van der Waals surface area contributed by atoms with Crippen LogP contribution >= 0.6 is 11.3 Å². The summed E-state index contributed by atoms with van der Waals surface area (Å²) in [4.78, 5) is 8.87. The summed E-state index contributed by atoms with van der Waals surface area (Å²) < 4.78 is 52.1. The Morgan fingerprint density at radius 2 is 1.62 bits per heavy atom. The van der Waals surface area contributed by atoms with Gasteiger partial charge in [0.2, 0.25) is 0 Å². The first-order chi connectivity index (χ1) is 13.9. The lowest BCUT2D eigenvalue weighted by atomic mass is 10.1. The van der Waals surface area contributed by atoms with Crippen molar-refractivity contribution in [1.82, 2.24) is 9.88 Å². The van der Waals surface area contributed by atoms with Gasteiger partial charge < -0.3 is 4.90 Å². The van der Waals surface area contributed by atoms with Crippen LogP contribution in [0.4, 0.5) is 23.2 Å². The molecule has 2 aromatic carbocycles. The lowest BCUT2D eigenvalue weighted by Crippen LogP contribution is -2.46. The van der Waals surface area contributed by atoms with E-state index in [4.69, 9.17) is 0 Å². The Labute approximate surface area is 170 Å². The number of thiazole rings is 1. The number of para-hydroxylation sites is 1. The van der Waals surface area contributed by atoms with Gasteiger partial charge >= 0.3 is 6.18 Å². The smallest absolute Gasteiger partial charge is 0.367 e. The molecule has 1 aromatic heterocycles. The third-order valence-corrected chi connectivity index (χ3v) is 5.90. The topological polar surface area (TPSA) is 19.4 Å². The van der Waals surface area contributed by atoms with Crippen molar-refractivity contribution < 1.29 is 17.6 Å². The first-order valence-corrected chi connectivity index (χ1v) is 10.1. The number of alkyl halides is 3. The maximum Gasteiger partial charge on any atom is 0.416 e. The summed E-state index contributed by atoms with van der Waals surface area (Å²) in [6.07, 6.45) is -4.34. The Balaban J connectivity index is 1.36. The van der Waals surface area contributed by atoms with Crippen molar-refractivity contribution in [2.24, 2.45) is 0 Å². The van der Waals surface area contributed by atoms with Gasteiger partial charge in [0.15, 0.2) is 0 Å². The number of piperazine rings is 1. The van der Waals surface area contributed by atoms with Gasteiger partial charge in [-0.05, 0) is 24.3 Å². The second-order valence-electron chi connectivity index (χ2n) is 6.93.